The molecule has 0 spiro atoms. The van der Waals surface area contributed by atoms with Crippen LogP contribution in [0.4, 0.5) is 0 Å². The number of carbonyl (C=O) groups excluding carboxylic acids is 1. The van der Waals surface area contributed by atoms with E-state index in [0.29, 0.717) is 18.4 Å². The third-order valence-corrected chi connectivity index (χ3v) is 4.28. The van der Waals surface area contributed by atoms with Gasteiger partial charge < -0.3 is 16.3 Å². The molecule has 0 unspecified atom stereocenters. The van der Waals surface area contributed by atoms with Gasteiger partial charge in [0.25, 0.3) is 5.91 Å². The molecule has 2 rings (SSSR count). The highest BCUT2D eigenvalue weighted by Crippen LogP contribution is 2.29. The molecule has 1 aliphatic carbocycles. The topological polar surface area (TPSA) is 87.7 Å². The number of aryl methyl sites for hydroxylation is 1. The van der Waals surface area contributed by atoms with Crippen LogP contribution in [-0.4, -0.2) is 22.5 Å². The number of nitrogens with two attached hydrogens (primary N) is 1. The Balaban J connectivity index is 2.17. The number of hydrogen-bond acceptors (Lipinski definition) is 3. The molecule has 0 heterocycles. The summed E-state index contributed by atoms with van der Waals surface area (Å²) in [5.74, 6) is -0.0770. The number of hydrogen-bond donors (Lipinski definition) is 3. The summed E-state index contributed by atoms with van der Waals surface area (Å²) in [6, 6.07) is 7.53. The summed E-state index contributed by atoms with van der Waals surface area (Å²) in [5.41, 5.74) is 6.92. The minimum absolute atomic E-state index is 0.0979. The first kappa shape index (κ1) is 15.4. The van der Waals surface area contributed by atoms with Crippen LogP contribution in [0.25, 0.3) is 0 Å². The third-order valence-electron chi connectivity index (χ3n) is 4.28. The van der Waals surface area contributed by atoms with Gasteiger partial charge in [0.15, 0.2) is 5.84 Å². The second kappa shape index (κ2) is 6.61. The van der Waals surface area contributed by atoms with Crippen LogP contribution in [0, 0.1) is 0 Å². The number of benzene rings is 1. The average molecular weight is 289 g/mol. The monoisotopic (exact) mass is 289 g/mol. The molecule has 0 radical (unpaired) electrons. The zero-order valence-corrected chi connectivity index (χ0v) is 12.4. The van der Waals surface area contributed by atoms with Gasteiger partial charge in [-0.3, -0.25) is 4.79 Å². The lowest BCUT2D eigenvalue weighted by Crippen LogP contribution is -2.58. The summed E-state index contributed by atoms with van der Waals surface area (Å²) < 4.78 is 0. The molecule has 5 nitrogen and oxygen atoms in total. The molecule has 1 amide bonds. The molecule has 1 aromatic rings. The number of amides is 1. The molecule has 0 bridgehead atoms. The van der Waals surface area contributed by atoms with Crippen molar-refractivity contribution in [2.45, 2.75) is 51.0 Å². The molecule has 4 N–H and O–H groups in total. The molecule has 114 valence electrons. The summed E-state index contributed by atoms with van der Waals surface area (Å²) in [5, 5.41) is 15.1. The van der Waals surface area contributed by atoms with Crippen molar-refractivity contribution in [2.24, 2.45) is 10.9 Å². The van der Waals surface area contributed by atoms with E-state index in [4.69, 9.17) is 10.9 Å². The van der Waals surface area contributed by atoms with E-state index in [1.165, 1.54) is 5.56 Å². The standard InChI is InChI=1S/C16H23N3O2/c1-2-12-6-8-13(9-7-12)14(20)18-16(15(17)19-21)10-4-3-5-11-16/h6-9,21H,2-5,10-11H2,1H3,(H2,17,19)(H,18,20). The summed E-state index contributed by atoms with van der Waals surface area (Å²) in [6.45, 7) is 2.07. The van der Waals surface area contributed by atoms with Crippen molar-refractivity contribution in [3.05, 3.63) is 35.4 Å². The lowest BCUT2D eigenvalue weighted by molar-refractivity contribution is 0.0905. The predicted octanol–water partition coefficient (Wildman–Crippen LogP) is 2.43. The van der Waals surface area contributed by atoms with Crippen LogP contribution in [0.3, 0.4) is 0 Å². The maximum atomic E-state index is 12.4. The van der Waals surface area contributed by atoms with E-state index in [9.17, 15) is 4.79 Å². The van der Waals surface area contributed by atoms with Crippen LogP contribution in [0.1, 0.15) is 54.9 Å². The van der Waals surface area contributed by atoms with Gasteiger partial charge >= 0.3 is 0 Å². The van der Waals surface area contributed by atoms with Gasteiger partial charge in [0, 0.05) is 5.56 Å². The van der Waals surface area contributed by atoms with E-state index in [1.54, 1.807) is 0 Å². The van der Waals surface area contributed by atoms with E-state index in [2.05, 4.69) is 17.4 Å². The molecule has 21 heavy (non-hydrogen) atoms. The quantitative estimate of drug-likeness (QED) is 0.344. The van der Waals surface area contributed by atoms with Crippen molar-refractivity contribution >= 4 is 11.7 Å². The molecule has 1 fully saturated rings. The Labute approximate surface area is 125 Å². The zero-order chi connectivity index (χ0) is 15.3. The molecule has 0 saturated heterocycles. The van der Waals surface area contributed by atoms with Crippen LogP contribution in [0.5, 0.6) is 0 Å². The Morgan fingerprint density at radius 2 is 1.90 bits per heavy atom. The number of carbonyl (C=O) groups is 1. The first-order chi connectivity index (χ1) is 10.1. The van der Waals surface area contributed by atoms with Gasteiger partial charge in [-0.1, -0.05) is 43.5 Å². The molecular weight excluding hydrogens is 266 g/mol. The summed E-state index contributed by atoms with van der Waals surface area (Å²) in [6.07, 6.45) is 5.40. The fourth-order valence-corrected chi connectivity index (χ4v) is 2.88. The van der Waals surface area contributed by atoms with E-state index >= 15 is 0 Å². The van der Waals surface area contributed by atoms with Gasteiger partial charge in [-0.25, -0.2) is 0 Å². The van der Waals surface area contributed by atoms with Crippen molar-refractivity contribution in [1.82, 2.24) is 5.32 Å². The lowest BCUT2D eigenvalue weighted by atomic mass is 9.80. The average Bonchev–Trinajstić information content (AvgIpc) is 2.55. The van der Waals surface area contributed by atoms with Gasteiger partial charge in [-0.15, -0.1) is 0 Å². The van der Waals surface area contributed by atoms with Crippen molar-refractivity contribution in [1.29, 1.82) is 0 Å². The first-order valence-corrected chi connectivity index (χ1v) is 7.51. The molecule has 1 aliphatic rings. The summed E-state index contributed by atoms with van der Waals surface area (Å²) in [4.78, 5) is 12.4. The predicted molar refractivity (Wildman–Crippen MR) is 82.5 cm³/mol. The highest BCUT2D eigenvalue weighted by Gasteiger charge is 2.38. The van der Waals surface area contributed by atoms with Crippen molar-refractivity contribution in [3.63, 3.8) is 0 Å². The van der Waals surface area contributed by atoms with E-state index in [0.717, 1.165) is 25.7 Å². The Morgan fingerprint density at radius 1 is 1.29 bits per heavy atom. The van der Waals surface area contributed by atoms with Crippen molar-refractivity contribution in [3.8, 4) is 0 Å². The van der Waals surface area contributed by atoms with Crippen LogP contribution < -0.4 is 11.1 Å². The SMILES string of the molecule is CCc1ccc(C(=O)NC2(/C(N)=N/O)CCCCC2)cc1. The van der Waals surface area contributed by atoms with Gasteiger partial charge in [0.2, 0.25) is 0 Å². The molecule has 0 aliphatic heterocycles. The fourth-order valence-electron chi connectivity index (χ4n) is 2.88. The Morgan fingerprint density at radius 3 is 2.43 bits per heavy atom. The second-order valence-electron chi connectivity index (χ2n) is 5.63. The van der Waals surface area contributed by atoms with E-state index in [1.807, 2.05) is 24.3 Å². The molecular formula is C16H23N3O2. The van der Waals surface area contributed by atoms with Crippen molar-refractivity contribution < 1.29 is 10.0 Å². The molecule has 1 saturated carbocycles. The van der Waals surface area contributed by atoms with E-state index < -0.39 is 5.54 Å². The largest absolute Gasteiger partial charge is 0.409 e. The molecule has 5 heteroatoms. The summed E-state index contributed by atoms with van der Waals surface area (Å²) in [7, 11) is 0. The van der Waals surface area contributed by atoms with Crippen LogP contribution in [0.15, 0.2) is 29.4 Å². The van der Waals surface area contributed by atoms with Gasteiger partial charge in [-0.2, -0.15) is 0 Å². The Kier molecular flexibility index (Phi) is 4.83. The van der Waals surface area contributed by atoms with Crippen molar-refractivity contribution in [2.75, 3.05) is 0 Å². The van der Waals surface area contributed by atoms with E-state index in [-0.39, 0.29) is 11.7 Å². The highest BCUT2D eigenvalue weighted by molar-refractivity contribution is 6.00. The van der Waals surface area contributed by atoms with Gasteiger partial charge in [-0.05, 0) is 37.0 Å². The maximum Gasteiger partial charge on any atom is 0.252 e. The molecule has 0 aromatic heterocycles. The van der Waals surface area contributed by atoms with Gasteiger partial charge in [0.1, 0.15) is 5.54 Å². The third kappa shape index (κ3) is 3.35. The lowest BCUT2D eigenvalue weighted by Gasteiger charge is -2.36. The number of oxime groups is 1. The Bertz CT molecular complexity index is 517. The number of nitrogens with zero attached hydrogens (tertiary/aromatic N) is 1. The molecule has 1 aromatic carbocycles. The smallest absolute Gasteiger partial charge is 0.252 e. The van der Waals surface area contributed by atoms with Gasteiger partial charge in [0.05, 0.1) is 0 Å². The number of nitrogens with one attached hydrogen (secondary N) is 1. The number of amidine groups is 1. The fraction of sp³-hybridized carbons (Fsp3) is 0.500. The second-order valence-corrected chi connectivity index (χ2v) is 5.63. The zero-order valence-electron chi connectivity index (χ0n) is 12.4. The molecule has 0 atom stereocenters. The normalized spacial score (nSPS) is 18.2. The minimum Gasteiger partial charge on any atom is -0.409 e. The first-order valence-electron chi connectivity index (χ1n) is 7.51. The summed E-state index contributed by atoms with van der Waals surface area (Å²) >= 11 is 0. The van der Waals surface area contributed by atoms with Crippen LogP contribution >= 0.6 is 0 Å². The minimum atomic E-state index is -0.715. The van der Waals surface area contributed by atoms with Crippen LogP contribution in [-0.2, 0) is 6.42 Å². The maximum absolute atomic E-state index is 12.4. The highest BCUT2D eigenvalue weighted by atomic mass is 16.4. The number of rotatable bonds is 4. The van der Waals surface area contributed by atoms with Crippen LogP contribution in [0.2, 0.25) is 0 Å². The Hall–Kier alpha value is -2.04.